The van der Waals surface area contributed by atoms with Crippen LogP contribution in [0.2, 0.25) is 0 Å². The van der Waals surface area contributed by atoms with Gasteiger partial charge in [-0.05, 0) is 35.8 Å². The van der Waals surface area contributed by atoms with Crippen molar-refractivity contribution in [1.29, 1.82) is 0 Å². The number of carbonyl (C=O) groups excluding carboxylic acids is 1. The van der Waals surface area contributed by atoms with Crippen molar-refractivity contribution in [3.05, 3.63) is 54.1 Å². The molecule has 1 aromatic carbocycles. The molecule has 0 aromatic heterocycles. The average Bonchev–Trinajstić information content (AvgIpc) is 3.23. The van der Waals surface area contributed by atoms with Crippen molar-refractivity contribution >= 4 is 17.4 Å². The maximum absolute atomic E-state index is 12.9. The molecule has 4 heteroatoms. The number of nitrogens with zero attached hydrogens (tertiary/aromatic N) is 1. The first-order valence-corrected chi connectivity index (χ1v) is 8.59. The lowest BCUT2D eigenvalue weighted by atomic mass is 9.82. The molecule has 0 saturated heterocycles. The minimum atomic E-state index is -0.831. The highest BCUT2D eigenvalue weighted by Crippen LogP contribution is 2.49. The molecule has 0 unspecified atom stereocenters. The summed E-state index contributed by atoms with van der Waals surface area (Å²) in [6, 6.07) is 10.2. The first kappa shape index (κ1) is 15.2. The van der Waals surface area contributed by atoms with Gasteiger partial charge in [0.2, 0.25) is 5.91 Å². The van der Waals surface area contributed by atoms with E-state index in [0.29, 0.717) is 13.1 Å². The van der Waals surface area contributed by atoms with Crippen molar-refractivity contribution in [1.82, 2.24) is 4.90 Å². The molecule has 1 amide bonds. The fourth-order valence-corrected chi connectivity index (χ4v) is 4.49. The topological polar surface area (TPSA) is 57.6 Å². The zero-order valence-corrected chi connectivity index (χ0v) is 13.5. The van der Waals surface area contributed by atoms with Gasteiger partial charge in [0.05, 0.1) is 11.8 Å². The van der Waals surface area contributed by atoms with E-state index in [1.165, 1.54) is 11.1 Å². The van der Waals surface area contributed by atoms with Crippen LogP contribution in [0.3, 0.4) is 0 Å². The van der Waals surface area contributed by atoms with Gasteiger partial charge in [0, 0.05) is 13.1 Å². The van der Waals surface area contributed by atoms with Gasteiger partial charge >= 0.3 is 5.97 Å². The van der Waals surface area contributed by atoms with Crippen molar-refractivity contribution < 1.29 is 14.7 Å². The van der Waals surface area contributed by atoms with E-state index in [9.17, 15) is 14.7 Å². The summed E-state index contributed by atoms with van der Waals surface area (Å²) in [6.07, 6.45) is 7.77. The van der Waals surface area contributed by atoms with Gasteiger partial charge in [-0.15, -0.1) is 0 Å². The fraction of sp³-hybridized carbons (Fsp3) is 0.400. The Kier molecular flexibility index (Phi) is 3.75. The third kappa shape index (κ3) is 2.46. The SMILES string of the molecule is O=C(O)[C@@H]1[C@@H](C(=O)N2CC=C(c3ccccc3)CC2)[C@H]2C=C[C@H]1C2. The molecule has 24 heavy (non-hydrogen) atoms. The Hall–Kier alpha value is -2.36. The summed E-state index contributed by atoms with van der Waals surface area (Å²) < 4.78 is 0. The summed E-state index contributed by atoms with van der Waals surface area (Å²) in [6.45, 7) is 1.25. The van der Waals surface area contributed by atoms with Gasteiger partial charge in [-0.3, -0.25) is 9.59 Å². The predicted octanol–water partition coefficient (Wildman–Crippen LogP) is 2.83. The van der Waals surface area contributed by atoms with E-state index in [2.05, 4.69) is 18.2 Å². The standard InChI is InChI=1S/C20H21NO3/c22-19(17-15-6-7-16(12-15)18(17)20(23)24)21-10-8-14(9-11-21)13-4-2-1-3-5-13/h1-8,15-18H,9-12H2,(H,23,24)/t15-,16-,17-,18-/m0/s1. The second-order valence-corrected chi connectivity index (χ2v) is 6.97. The van der Waals surface area contributed by atoms with Crippen molar-refractivity contribution in [3.63, 3.8) is 0 Å². The quantitative estimate of drug-likeness (QED) is 0.870. The minimum absolute atomic E-state index is 0.0163. The molecule has 0 spiro atoms. The van der Waals surface area contributed by atoms with Crippen LogP contribution in [-0.4, -0.2) is 35.0 Å². The van der Waals surface area contributed by atoms with Crippen LogP contribution in [0, 0.1) is 23.7 Å². The minimum Gasteiger partial charge on any atom is -0.481 e. The normalized spacial score (nSPS) is 31.2. The molecular weight excluding hydrogens is 302 g/mol. The zero-order chi connectivity index (χ0) is 16.7. The third-order valence-electron chi connectivity index (χ3n) is 5.69. The monoisotopic (exact) mass is 323 g/mol. The van der Waals surface area contributed by atoms with E-state index in [0.717, 1.165) is 12.8 Å². The number of hydrogen-bond acceptors (Lipinski definition) is 2. The molecule has 3 aliphatic rings. The summed E-state index contributed by atoms with van der Waals surface area (Å²) in [5, 5.41) is 9.53. The van der Waals surface area contributed by atoms with E-state index >= 15 is 0 Å². The maximum atomic E-state index is 12.9. The Morgan fingerprint density at radius 3 is 2.38 bits per heavy atom. The molecular formula is C20H21NO3. The molecule has 1 saturated carbocycles. The Bertz CT molecular complexity index is 722. The van der Waals surface area contributed by atoms with E-state index in [1.807, 2.05) is 35.3 Å². The molecule has 1 aliphatic heterocycles. The number of carboxylic acid groups (broad SMARTS) is 1. The average molecular weight is 323 g/mol. The molecule has 1 aromatic rings. The van der Waals surface area contributed by atoms with Gasteiger partial charge in [0.25, 0.3) is 0 Å². The van der Waals surface area contributed by atoms with Crippen LogP contribution in [0.4, 0.5) is 0 Å². The van der Waals surface area contributed by atoms with Crippen molar-refractivity contribution in [2.75, 3.05) is 13.1 Å². The fourth-order valence-electron chi connectivity index (χ4n) is 4.49. The predicted molar refractivity (Wildman–Crippen MR) is 91.0 cm³/mol. The number of allylic oxidation sites excluding steroid dienone is 2. The van der Waals surface area contributed by atoms with Gasteiger partial charge < -0.3 is 10.0 Å². The number of carboxylic acids is 1. The van der Waals surface area contributed by atoms with Crippen LogP contribution in [-0.2, 0) is 9.59 Å². The van der Waals surface area contributed by atoms with Crippen molar-refractivity contribution in [3.8, 4) is 0 Å². The first-order chi connectivity index (χ1) is 11.6. The molecule has 4 rings (SSSR count). The number of aliphatic carboxylic acids is 1. The van der Waals surface area contributed by atoms with Gasteiger partial charge in [-0.2, -0.15) is 0 Å². The molecule has 4 nitrogen and oxygen atoms in total. The van der Waals surface area contributed by atoms with E-state index < -0.39 is 11.9 Å². The number of fused-ring (bicyclic) bond motifs is 2. The number of carbonyl (C=O) groups is 2. The van der Waals surface area contributed by atoms with Gasteiger partial charge in [0.1, 0.15) is 0 Å². The highest BCUT2D eigenvalue weighted by atomic mass is 16.4. The van der Waals surface area contributed by atoms with Crippen molar-refractivity contribution in [2.24, 2.45) is 23.7 Å². The van der Waals surface area contributed by atoms with Crippen LogP contribution < -0.4 is 0 Å². The molecule has 1 N–H and O–H groups in total. The van der Waals surface area contributed by atoms with Crippen molar-refractivity contribution in [2.45, 2.75) is 12.8 Å². The van der Waals surface area contributed by atoms with Gasteiger partial charge in [-0.25, -0.2) is 0 Å². The Morgan fingerprint density at radius 1 is 1.04 bits per heavy atom. The van der Waals surface area contributed by atoms with Crippen LogP contribution >= 0.6 is 0 Å². The lowest BCUT2D eigenvalue weighted by Gasteiger charge is -2.33. The largest absolute Gasteiger partial charge is 0.481 e. The highest BCUT2D eigenvalue weighted by molar-refractivity contribution is 5.87. The van der Waals surface area contributed by atoms with E-state index in [4.69, 9.17) is 0 Å². The van der Waals surface area contributed by atoms with Gasteiger partial charge in [-0.1, -0.05) is 48.6 Å². The summed E-state index contributed by atoms with van der Waals surface area (Å²) in [4.78, 5) is 26.4. The molecule has 1 fully saturated rings. The lowest BCUT2D eigenvalue weighted by molar-refractivity contribution is -0.150. The smallest absolute Gasteiger partial charge is 0.307 e. The third-order valence-corrected chi connectivity index (χ3v) is 5.69. The van der Waals surface area contributed by atoms with Crippen LogP contribution in [0.5, 0.6) is 0 Å². The molecule has 124 valence electrons. The number of amides is 1. The maximum Gasteiger partial charge on any atom is 0.307 e. The summed E-state index contributed by atoms with van der Waals surface area (Å²) in [7, 11) is 0. The molecule has 2 aliphatic carbocycles. The van der Waals surface area contributed by atoms with Crippen LogP contribution in [0.15, 0.2) is 48.6 Å². The van der Waals surface area contributed by atoms with Crippen LogP contribution in [0.1, 0.15) is 18.4 Å². The second kappa shape index (κ2) is 5.93. The number of hydrogen-bond donors (Lipinski definition) is 1. The molecule has 1 heterocycles. The first-order valence-electron chi connectivity index (χ1n) is 8.59. The molecule has 0 radical (unpaired) electrons. The van der Waals surface area contributed by atoms with Crippen LogP contribution in [0.25, 0.3) is 5.57 Å². The van der Waals surface area contributed by atoms with E-state index in [1.54, 1.807) is 0 Å². The molecule has 2 bridgehead atoms. The second-order valence-electron chi connectivity index (χ2n) is 6.97. The number of benzene rings is 1. The lowest BCUT2D eigenvalue weighted by Crippen LogP contribution is -2.44. The zero-order valence-electron chi connectivity index (χ0n) is 13.5. The van der Waals surface area contributed by atoms with Gasteiger partial charge in [0.15, 0.2) is 0 Å². The number of rotatable bonds is 3. The summed E-state index contributed by atoms with van der Waals surface area (Å²) >= 11 is 0. The summed E-state index contributed by atoms with van der Waals surface area (Å²) in [5.74, 6) is -1.62. The molecule has 4 atom stereocenters. The van der Waals surface area contributed by atoms with E-state index in [-0.39, 0.29) is 23.7 Å². The highest BCUT2D eigenvalue weighted by Gasteiger charge is 2.52. The Labute approximate surface area is 141 Å². The summed E-state index contributed by atoms with van der Waals surface area (Å²) in [5.41, 5.74) is 2.47. The Morgan fingerprint density at radius 2 is 1.75 bits per heavy atom. The Balaban J connectivity index is 1.50.